The molecule has 0 aliphatic heterocycles. The van der Waals surface area contributed by atoms with E-state index in [2.05, 4.69) is 31.3 Å². The van der Waals surface area contributed by atoms with Crippen LogP contribution in [0, 0.1) is 13.8 Å². The fraction of sp³-hybridized carbons (Fsp3) is 0.235. The molecule has 104 valence electrons. The summed E-state index contributed by atoms with van der Waals surface area (Å²) in [6, 6.07) is 13.4. The van der Waals surface area contributed by atoms with Gasteiger partial charge in [-0.25, -0.2) is 0 Å². The Bertz CT molecular complexity index is 620. The van der Waals surface area contributed by atoms with Gasteiger partial charge < -0.3 is 10.1 Å². The molecule has 0 radical (unpaired) electrons. The summed E-state index contributed by atoms with van der Waals surface area (Å²) in [5.41, 5.74) is 4.09. The van der Waals surface area contributed by atoms with Gasteiger partial charge in [-0.3, -0.25) is 4.79 Å². The van der Waals surface area contributed by atoms with Crippen LogP contribution in [0.25, 0.3) is 0 Å². The molecular formula is C17H19NO2. The van der Waals surface area contributed by atoms with Crippen molar-refractivity contribution >= 4 is 5.91 Å². The minimum absolute atomic E-state index is 0.123. The minimum atomic E-state index is -0.123. The predicted molar refractivity (Wildman–Crippen MR) is 80.1 cm³/mol. The van der Waals surface area contributed by atoms with Crippen LogP contribution in [0.2, 0.25) is 0 Å². The lowest BCUT2D eigenvalue weighted by Gasteiger charge is -2.11. The van der Waals surface area contributed by atoms with Gasteiger partial charge in [0.05, 0.1) is 12.7 Å². The van der Waals surface area contributed by atoms with Gasteiger partial charge in [-0.1, -0.05) is 35.9 Å². The number of methoxy groups -OCH3 is 1. The van der Waals surface area contributed by atoms with Gasteiger partial charge in [-0.05, 0) is 37.1 Å². The van der Waals surface area contributed by atoms with E-state index in [1.807, 2.05) is 18.2 Å². The quantitative estimate of drug-likeness (QED) is 0.925. The number of carbonyl (C=O) groups is 1. The van der Waals surface area contributed by atoms with E-state index in [4.69, 9.17) is 4.74 Å². The first-order valence-electron chi connectivity index (χ1n) is 6.59. The van der Waals surface area contributed by atoms with Crippen molar-refractivity contribution in [3.8, 4) is 5.75 Å². The Balaban J connectivity index is 2.09. The summed E-state index contributed by atoms with van der Waals surface area (Å²) in [5.74, 6) is 0.466. The minimum Gasteiger partial charge on any atom is -0.496 e. The molecule has 0 saturated heterocycles. The van der Waals surface area contributed by atoms with E-state index in [1.54, 1.807) is 19.2 Å². The molecule has 0 aromatic heterocycles. The van der Waals surface area contributed by atoms with Gasteiger partial charge in [-0.15, -0.1) is 0 Å². The number of carbonyl (C=O) groups excluding carboxylic acids is 1. The van der Waals surface area contributed by atoms with Gasteiger partial charge >= 0.3 is 0 Å². The van der Waals surface area contributed by atoms with Crippen LogP contribution >= 0.6 is 0 Å². The second-order valence-electron chi connectivity index (χ2n) is 4.81. The van der Waals surface area contributed by atoms with E-state index in [0.29, 0.717) is 17.9 Å². The fourth-order valence-electron chi connectivity index (χ4n) is 2.15. The van der Waals surface area contributed by atoms with Gasteiger partial charge in [0.2, 0.25) is 0 Å². The van der Waals surface area contributed by atoms with E-state index < -0.39 is 0 Å². The lowest BCUT2D eigenvalue weighted by Crippen LogP contribution is -2.23. The molecule has 20 heavy (non-hydrogen) atoms. The number of aryl methyl sites for hydroxylation is 2. The second-order valence-corrected chi connectivity index (χ2v) is 4.81. The summed E-state index contributed by atoms with van der Waals surface area (Å²) in [6.45, 7) is 4.63. The number of hydrogen-bond acceptors (Lipinski definition) is 2. The molecule has 0 aliphatic rings. The summed E-state index contributed by atoms with van der Waals surface area (Å²) in [6.07, 6.45) is 0. The zero-order valence-corrected chi connectivity index (χ0v) is 12.1. The van der Waals surface area contributed by atoms with Gasteiger partial charge in [0.1, 0.15) is 5.75 Å². The summed E-state index contributed by atoms with van der Waals surface area (Å²) in [4.78, 5) is 12.2. The molecule has 0 aliphatic carbocycles. The molecule has 3 nitrogen and oxygen atoms in total. The maximum absolute atomic E-state index is 12.2. The number of ether oxygens (including phenoxy) is 1. The number of hydrogen-bond donors (Lipinski definition) is 1. The van der Waals surface area contributed by atoms with Gasteiger partial charge in [0.25, 0.3) is 5.91 Å². The molecular weight excluding hydrogens is 250 g/mol. The lowest BCUT2D eigenvalue weighted by molar-refractivity contribution is 0.0948. The molecule has 0 unspecified atom stereocenters. The first kappa shape index (κ1) is 14.1. The molecule has 1 N–H and O–H groups in total. The summed E-state index contributed by atoms with van der Waals surface area (Å²) in [7, 11) is 1.57. The van der Waals surface area contributed by atoms with Crippen molar-refractivity contribution in [2.75, 3.05) is 7.11 Å². The van der Waals surface area contributed by atoms with Gasteiger partial charge in [0, 0.05) is 6.54 Å². The Morgan fingerprint density at radius 3 is 2.60 bits per heavy atom. The van der Waals surface area contributed by atoms with E-state index in [9.17, 15) is 4.79 Å². The molecule has 1 amide bonds. The third kappa shape index (κ3) is 3.18. The lowest BCUT2D eigenvalue weighted by atomic mass is 10.1. The average Bonchev–Trinajstić information content (AvgIpc) is 2.46. The number of nitrogens with one attached hydrogen (secondary N) is 1. The molecule has 0 spiro atoms. The fourth-order valence-corrected chi connectivity index (χ4v) is 2.15. The van der Waals surface area contributed by atoms with Crippen LogP contribution in [-0.4, -0.2) is 13.0 Å². The van der Waals surface area contributed by atoms with Gasteiger partial charge in [-0.2, -0.15) is 0 Å². The van der Waals surface area contributed by atoms with Crippen LogP contribution < -0.4 is 10.1 Å². The monoisotopic (exact) mass is 269 g/mol. The molecule has 3 heteroatoms. The van der Waals surface area contributed by atoms with E-state index in [0.717, 1.165) is 5.56 Å². The van der Waals surface area contributed by atoms with Crippen LogP contribution in [0.3, 0.4) is 0 Å². The largest absolute Gasteiger partial charge is 0.496 e. The zero-order chi connectivity index (χ0) is 14.5. The molecule has 0 bridgehead atoms. The Morgan fingerprint density at radius 1 is 1.15 bits per heavy atom. The molecule has 2 aromatic carbocycles. The van der Waals surface area contributed by atoms with Crippen molar-refractivity contribution in [1.29, 1.82) is 0 Å². The van der Waals surface area contributed by atoms with Crippen molar-refractivity contribution in [1.82, 2.24) is 5.32 Å². The van der Waals surface area contributed by atoms with Crippen LogP contribution in [-0.2, 0) is 6.54 Å². The van der Waals surface area contributed by atoms with E-state index in [1.165, 1.54) is 11.1 Å². The van der Waals surface area contributed by atoms with E-state index in [-0.39, 0.29) is 5.91 Å². The van der Waals surface area contributed by atoms with Crippen molar-refractivity contribution < 1.29 is 9.53 Å². The molecule has 0 heterocycles. The van der Waals surface area contributed by atoms with Crippen molar-refractivity contribution in [2.45, 2.75) is 20.4 Å². The Morgan fingerprint density at radius 2 is 1.90 bits per heavy atom. The number of rotatable bonds is 4. The van der Waals surface area contributed by atoms with Crippen molar-refractivity contribution in [3.63, 3.8) is 0 Å². The van der Waals surface area contributed by atoms with Crippen LogP contribution in [0.15, 0.2) is 42.5 Å². The maximum Gasteiger partial charge on any atom is 0.255 e. The molecule has 2 rings (SSSR count). The van der Waals surface area contributed by atoms with Crippen molar-refractivity contribution in [2.24, 2.45) is 0 Å². The van der Waals surface area contributed by atoms with E-state index >= 15 is 0 Å². The molecule has 0 atom stereocenters. The van der Waals surface area contributed by atoms with Crippen LogP contribution in [0.1, 0.15) is 27.0 Å². The second kappa shape index (κ2) is 6.24. The molecule has 0 fully saturated rings. The van der Waals surface area contributed by atoms with Crippen molar-refractivity contribution in [3.05, 3.63) is 64.7 Å². The summed E-state index contributed by atoms with van der Waals surface area (Å²) >= 11 is 0. The zero-order valence-electron chi connectivity index (χ0n) is 12.1. The predicted octanol–water partition coefficient (Wildman–Crippen LogP) is 3.24. The molecule has 0 saturated carbocycles. The Kier molecular flexibility index (Phi) is 4.41. The summed E-state index contributed by atoms with van der Waals surface area (Å²) < 4.78 is 5.20. The molecule has 2 aromatic rings. The number of para-hydroxylation sites is 1. The highest BCUT2D eigenvalue weighted by molar-refractivity contribution is 5.96. The summed E-state index contributed by atoms with van der Waals surface area (Å²) in [5, 5.41) is 2.93. The van der Waals surface area contributed by atoms with Gasteiger partial charge in [0.15, 0.2) is 0 Å². The normalized spacial score (nSPS) is 10.2. The third-order valence-electron chi connectivity index (χ3n) is 3.29. The highest BCUT2D eigenvalue weighted by Crippen LogP contribution is 2.17. The third-order valence-corrected chi connectivity index (χ3v) is 3.29. The van der Waals surface area contributed by atoms with Crippen LogP contribution in [0.4, 0.5) is 0 Å². The maximum atomic E-state index is 12.2. The Hall–Kier alpha value is -2.29. The first-order chi connectivity index (χ1) is 9.61. The number of amides is 1. The SMILES string of the molecule is COc1ccccc1C(=O)NCc1ccc(C)cc1C. The smallest absolute Gasteiger partial charge is 0.255 e. The highest BCUT2D eigenvalue weighted by Gasteiger charge is 2.11. The standard InChI is InChI=1S/C17H19NO2/c1-12-8-9-14(13(2)10-12)11-18-17(19)15-6-4-5-7-16(15)20-3/h4-10H,11H2,1-3H3,(H,18,19). The van der Waals surface area contributed by atoms with Crippen LogP contribution in [0.5, 0.6) is 5.75 Å². The topological polar surface area (TPSA) is 38.3 Å². The Labute approximate surface area is 119 Å². The highest BCUT2D eigenvalue weighted by atomic mass is 16.5. The number of benzene rings is 2. The first-order valence-corrected chi connectivity index (χ1v) is 6.59. The average molecular weight is 269 g/mol.